The van der Waals surface area contributed by atoms with Crippen LogP contribution < -0.4 is 10.1 Å². The zero-order valence-corrected chi connectivity index (χ0v) is 13.7. The van der Waals surface area contributed by atoms with Crippen LogP contribution in [-0.2, 0) is 0 Å². The third-order valence-electron chi connectivity index (χ3n) is 3.72. The molecule has 0 radical (unpaired) electrons. The second-order valence-electron chi connectivity index (χ2n) is 5.03. The molecule has 0 bridgehead atoms. The normalized spacial score (nSPS) is 20.8. The molecule has 1 aliphatic heterocycles. The molecule has 0 saturated heterocycles. The second kappa shape index (κ2) is 5.95. The van der Waals surface area contributed by atoms with Gasteiger partial charge in [-0.2, -0.15) is 0 Å². The minimum absolute atomic E-state index is 0.116. The van der Waals surface area contributed by atoms with Crippen LogP contribution in [0.1, 0.15) is 29.7 Å². The Bertz CT molecular complexity index is 679. The average Bonchev–Trinajstić information content (AvgIpc) is 2.48. The summed E-state index contributed by atoms with van der Waals surface area (Å²) in [5.41, 5.74) is 1.95. The van der Waals surface area contributed by atoms with Crippen molar-refractivity contribution in [1.82, 2.24) is 5.32 Å². The molecule has 1 N–H and O–H groups in total. The third kappa shape index (κ3) is 2.93. The molecule has 0 fully saturated rings. The van der Waals surface area contributed by atoms with Crippen molar-refractivity contribution in [3.8, 4) is 5.75 Å². The van der Waals surface area contributed by atoms with Gasteiger partial charge >= 0.3 is 0 Å². The number of nitrogens with one attached hydrogen (secondary N) is 1. The van der Waals surface area contributed by atoms with Crippen LogP contribution in [0.4, 0.5) is 4.39 Å². The molecule has 2 atom stereocenters. The molecule has 1 aliphatic rings. The zero-order chi connectivity index (χ0) is 15.0. The van der Waals surface area contributed by atoms with Crippen molar-refractivity contribution in [3.63, 3.8) is 0 Å². The van der Waals surface area contributed by atoms with Crippen molar-refractivity contribution in [3.05, 3.63) is 62.8 Å². The second-order valence-corrected chi connectivity index (χ2v) is 6.32. The van der Waals surface area contributed by atoms with Crippen molar-refractivity contribution in [2.45, 2.75) is 18.6 Å². The van der Waals surface area contributed by atoms with Crippen molar-refractivity contribution in [1.29, 1.82) is 0 Å². The zero-order valence-electron chi connectivity index (χ0n) is 11.4. The molecule has 2 aromatic rings. The molecule has 0 spiro atoms. The Balaban J connectivity index is 2.01. The van der Waals surface area contributed by atoms with Crippen LogP contribution in [0.3, 0.4) is 0 Å². The highest BCUT2D eigenvalue weighted by Crippen LogP contribution is 2.43. The van der Waals surface area contributed by atoms with Gasteiger partial charge in [-0.1, -0.05) is 33.6 Å². The predicted molar refractivity (Wildman–Crippen MR) is 85.3 cm³/mol. The van der Waals surface area contributed by atoms with Crippen LogP contribution in [0.5, 0.6) is 5.75 Å². The highest BCUT2D eigenvalue weighted by atomic mass is 79.9. The topological polar surface area (TPSA) is 21.3 Å². The number of ether oxygens (including phenoxy) is 1. The summed E-state index contributed by atoms with van der Waals surface area (Å²) in [7, 11) is 1.90. The summed E-state index contributed by atoms with van der Waals surface area (Å²) in [6, 6.07) is 10.4. The van der Waals surface area contributed by atoms with Gasteiger partial charge in [-0.3, -0.25) is 0 Å². The van der Waals surface area contributed by atoms with E-state index in [0.717, 1.165) is 22.0 Å². The number of hydrogen-bond acceptors (Lipinski definition) is 2. The van der Waals surface area contributed by atoms with Crippen LogP contribution in [0.2, 0.25) is 5.02 Å². The maximum absolute atomic E-state index is 13.5. The van der Waals surface area contributed by atoms with E-state index in [-0.39, 0.29) is 18.0 Å². The molecule has 0 aromatic heterocycles. The van der Waals surface area contributed by atoms with Crippen LogP contribution in [-0.4, -0.2) is 7.05 Å². The van der Waals surface area contributed by atoms with Crippen molar-refractivity contribution in [2.75, 3.05) is 7.05 Å². The summed E-state index contributed by atoms with van der Waals surface area (Å²) < 4.78 is 20.4. The molecule has 110 valence electrons. The van der Waals surface area contributed by atoms with Gasteiger partial charge in [-0.15, -0.1) is 0 Å². The van der Waals surface area contributed by atoms with Gasteiger partial charge in [-0.05, 0) is 31.3 Å². The van der Waals surface area contributed by atoms with E-state index < -0.39 is 0 Å². The molecule has 3 rings (SSSR count). The summed E-state index contributed by atoms with van der Waals surface area (Å²) >= 11 is 9.61. The summed E-state index contributed by atoms with van der Waals surface area (Å²) in [6.45, 7) is 0. The fourth-order valence-corrected chi connectivity index (χ4v) is 3.35. The summed E-state index contributed by atoms with van der Waals surface area (Å²) in [5.74, 6) is 0.284. The van der Waals surface area contributed by atoms with Crippen molar-refractivity contribution >= 4 is 27.5 Å². The number of halogens is 3. The number of fused-ring (bicyclic) bond motifs is 1. The van der Waals surface area contributed by atoms with Crippen molar-refractivity contribution < 1.29 is 9.13 Å². The van der Waals surface area contributed by atoms with Crippen LogP contribution >= 0.6 is 27.5 Å². The fraction of sp³-hybridized carbons (Fsp3) is 0.250. The molecule has 21 heavy (non-hydrogen) atoms. The highest BCUT2D eigenvalue weighted by molar-refractivity contribution is 9.10. The Morgan fingerprint density at radius 3 is 2.81 bits per heavy atom. The molecule has 2 aromatic carbocycles. The van der Waals surface area contributed by atoms with E-state index in [1.807, 2.05) is 25.2 Å². The van der Waals surface area contributed by atoms with E-state index in [1.54, 1.807) is 6.07 Å². The quantitative estimate of drug-likeness (QED) is 0.801. The van der Waals surface area contributed by atoms with E-state index >= 15 is 0 Å². The molecule has 2 unspecified atom stereocenters. The lowest BCUT2D eigenvalue weighted by Gasteiger charge is -2.33. The van der Waals surface area contributed by atoms with Crippen LogP contribution in [0, 0.1) is 5.82 Å². The van der Waals surface area contributed by atoms with E-state index in [4.69, 9.17) is 16.3 Å². The van der Waals surface area contributed by atoms with Gasteiger partial charge in [0.05, 0.1) is 0 Å². The number of rotatable bonds is 2. The SMILES string of the molecule is CNC1CC(c2cc(Cl)ccc2Br)Oc2cc(F)ccc21. The van der Waals surface area contributed by atoms with Gasteiger partial charge < -0.3 is 10.1 Å². The molecule has 1 heterocycles. The monoisotopic (exact) mass is 369 g/mol. The number of hydrogen-bond donors (Lipinski definition) is 1. The minimum atomic E-state index is -0.297. The molecule has 0 saturated carbocycles. The Labute approximate surface area is 136 Å². The minimum Gasteiger partial charge on any atom is -0.485 e. The lowest BCUT2D eigenvalue weighted by molar-refractivity contribution is 0.152. The van der Waals surface area contributed by atoms with Gasteiger partial charge in [-0.25, -0.2) is 4.39 Å². The Kier molecular flexibility index (Phi) is 4.20. The van der Waals surface area contributed by atoms with E-state index in [9.17, 15) is 4.39 Å². The Morgan fingerprint density at radius 2 is 2.05 bits per heavy atom. The summed E-state index contributed by atoms with van der Waals surface area (Å²) in [4.78, 5) is 0. The standard InChI is InChI=1S/C16H14BrClFNO/c1-20-14-8-16(12-6-9(18)2-5-13(12)17)21-15-7-10(19)3-4-11(14)15/h2-7,14,16,20H,8H2,1H3. The largest absolute Gasteiger partial charge is 0.485 e. The molecule has 0 amide bonds. The fourth-order valence-electron chi connectivity index (χ4n) is 2.67. The maximum Gasteiger partial charge on any atom is 0.127 e. The first-order valence-electron chi connectivity index (χ1n) is 6.67. The van der Waals surface area contributed by atoms with Crippen molar-refractivity contribution in [2.24, 2.45) is 0 Å². The predicted octanol–water partition coefficient (Wildman–Crippen LogP) is 5.03. The first-order chi connectivity index (χ1) is 10.1. The van der Waals surface area contributed by atoms with Crippen LogP contribution in [0.25, 0.3) is 0 Å². The van der Waals surface area contributed by atoms with Gasteiger partial charge in [0.15, 0.2) is 0 Å². The van der Waals surface area contributed by atoms with E-state index in [0.29, 0.717) is 10.8 Å². The first kappa shape index (κ1) is 14.8. The van der Waals surface area contributed by atoms with Gasteiger partial charge in [0.25, 0.3) is 0 Å². The van der Waals surface area contributed by atoms with E-state index in [2.05, 4.69) is 21.2 Å². The Hall–Kier alpha value is -1.10. The van der Waals surface area contributed by atoms with Gasteiger partial charge in [0.1, 0.15) is 17.7 Å². The lowest BCUT2D eigenvalue weighted by Crippen LogP contribution is -2.27. The number of benzene rings is 2. The maximum atomic E-state index is 13.5. The Morgan fingerprint density at radius 1 is 1.24 bits per heavy atom. The smallest absolute Gasteiger partial charge is 0.127 e. The summed E-state index contributed by atoms with van der Waals surface area (Å²) in [5, 5.41) is 3.92. The molecule has 2 nitrogen and oxygen atoms in total. The van der Waals surface area contributed by atoms with Gasteiger partial charge in [0.2, 0.25) is 0 Å². The van der Waals surface area contributed by atoms with E-state index in [1.165, 1.54) is 12.1 Å². The molecule has 0 aliphatic carbocycles. The lowest BCUT2D eigenvalue weighted by atomic mass is 9.93. The molecule has 5 heteroatoms. The van der Waals surface area contributed by atoms with Crippen LogP contribution in [0.15, 0.2) is 40.9 Å². The molecular formula is C16H14BrClFNO. The molecular weight excluding hydrogens is 357 g/mol. The summed E-state index contributed by atoms with van der Waals surface area (Å²) in [6.07, 6.45) is 0.582. The third-order valence-corrected chi connectivity index (χ3v) is 4.68. The first-order valence-corrected chi connectivity index (χ1v) is 7.84. The highest BCUT2D eigenvalue weighted by Gasteiger charge is 2.29. The van der Waals surface area contributed by atoms with Gasteiger partial charge in [0, 0.05) is 39.2 Å². The average molecular weight is 371 g/mol.